The summed E-state index contributed by atoms with van der Waals surface area (Å²) in [7, 11) is 0. The van der Waals surface area contributed by atoms with Crippen molar-refractivity contribution in [3.8, 4) is 0 Å². The highest BCUT2D eigenvalue weighted by Crippen LogP contribution is 2.49. The van der Waals surface area contributed by atoms with Crippen LogP contribution in [0.3, 0.4) is 0 Å². The second-order valence-corrected chi connectivity index (χ2v) is 10.2. The third-order valence-electron chi connectivity index (χ3n) is 7.82. The summed E-state index contributed by atoms with van der Waals surface area (Å²) in [5.41, 5.74) is 0.833. The van der Waals surface area contributed by atoms with Gasteiger partial charge in [-0.25, -0.2) is 9.37 Å². The number of halogens is 1. The maximum Gasteiger partial charge on any atom is 0.253 e. The van der Waals surface area contributed by atoms with Crippen molar-refractivity contribution in [3.05, 3.63) is 59.5 Å². The van der Waals surface area contributed by atoms with Crippen LogP contribution < -0.4 is 15.5 Å². The van der Waals surface area contributed by atoms with Gasteiger partial charge in [-0.2, -0.15) is 0 Å². The molecule has 7 heteroatoms. The molecule has 33 heavy (non-hydrogen) atoms. The lowest BCUT2D eigenvalue weighted by Gasteiger charge is -2.40. The molecule has 2 saturated heterocycles. The summed E-state index contributed by atoms with van der Waals surface area (Å²) in [6, 6.07) is 11.4. The zero-order valence-corrected chi connectivity index (χ0v) is 18.6. The van der Waals surface area contributed by atoms with Gasteiger partial charge in [0.15, 0.2) is 0 Å². The predicted octanol–water partition coefficient (Wildman–Crippen LogP) is 3.46. The number of hydrogen-bond donors (Lipinski definition) is 2. The van der Waals surface area contributed by atoms with Crippen LogP contribution in [0.25, 0.3) is 0 Å². The van der Waals surface area contributed by atoms with Crippen molar-refractivity contribution in [3.63, 3.8) is 0 Å². The lowest BCUT2D eigenvalue weighted by Crippen LogP contribution is -2.52. The van der Waals surface area contributed by atoms with Gasteiger partial charge in [-0.3, -0.25) is 9.59 Å². The smallest absolute Gasteiger partial charge is 0.253 e. The van der Waals surface area contributed by atoms with Crippen molar-refractivity contribution >= 4 is 17.6 Å². The van der Waals surface area contributed by atoms with Crippen molar-refractivity contribution in [1.82, 2.24) is 15.6 Å². The number of piperidine rings is 1. The van der Waals surface area contributed by atoms with Crippen molar-refractivity contribution < 1.29 is 14.0 Å². The monoisotopic (exact) mass is 448 g/mol. The van der Waals surface area contributed by atoms with Crippen molar-refractivity contribution in [2.24, 2.45) is 0 Å². The number of anilines is 1. The number of carbonyl (C=O) groups is 2. The third-order valence-corrected chi connectivity index (χ3v) is 7.82. The summed E-state index contributed by atoms with van der Waals surface area (Å²) in [5, 5.41) is 6.30. The fraction of sp³-hybridized carbons (Fsp3) is 0.500. The van der Waals surface area contributed by atoms with E-state index in [1.165, 1.54) is 12.1 Å². The minimum Gasteiger partial charge on any atom is -0.352 e. The maximum atomic E-state index is 13.7. The molecular weight excluding hydrogens is 419 g/mol. The van der Waals surface area contributed by atoms with Crippen molar-refractivity contribution in [2.45, 2.75) is 80.9 Å². The molecule has 2 aliphatic heterocycles. The Bertz CT molecular complexity index is 1070. The van der Waals surface area contributed by atoms with E-state index in [9.17, 15) is 14.0 Å². The molecule has 4 fully saturated rings. The molecule has 2 amide bonds. The Labute approximate surface area is 193 Å². The number of pyridine rings is 1. The Kier molecular flexibility index (Phi) is 4.89. The number of rotatable bonds is 6. The van der Waals surface area contributed by atoms with Gasteiger partial charge in [0, 0.05) is 30.4 Å². The Morgan fingerprint density at radius 2 is 1.73 bits per heavy atom. The zero-order chi connectivity index (χ0) is 22.6. The Hall–Kier alpha value is -2.96. The molecule has 2 saturated carbocycles. The lowest BCUT2D eigenvalue weighted by molar-refractivity contribution is -0.124. The van der Waals surface area contributed by atoms with Crippen LogP contribution in [0.15, 0.2) is 42.6 Å². The molecule has 6 nitrogen and oxygen atoms in total. The van der Waals surface area contributed by atoms with Gasteiger partial charge in [-0.05, 0) is 81.2 Å². The van der Waals surface area contributed by atoms with Gasteiger partial charge >= 0.3 is 0 Å². The summed E-state index contributed by atoms with van der Waals surface area (Å²) in [6.45, 7) is 0. The summed E-state index contributed by atoms with van der Waals surface area (Å²) < 4.78 is 13.7. The van der Waals surface area contributed by atoms with E-state index in [-0.39, 0.29) is 23.7 Å². The summed E-state index contributed by atoms with van der Waals surface area (Å²) in [6.07, 6.45) is 9.29. The minimum absolute atomic E-state index is 0.0371. The highest BCUT2D eigenvalue weighted by atomic mass is 19.1. The Morgan fingerprint density at radius 1 is 0.970 bits per heavy atom. The molecule has 2 N–H and O–H groups in total. The van der Waals surface area contributed by atoms with E-state index < -0.39 is 5.41 Å². The maximum absolute atomic E-state index is 13.7. The first-order valence-electron chi connectivity index (χ1n) is 12.1. The highest BCUT2D eigenvalue weighted by molar-refractivity contribution is 5.94. The standard InChI is InChI=1S/C26H29FN4O2/c27-18-3-1-2-17(12-18)26(10-11-26)25(33)30-20-13-21-7-8-22(14-20)31(21)23-9-4-16(15-28-23)24(32)29-19-5-6-19/h1-4,9,12,15,19-22H,5-8,10-11,13-14H2,(H,29,32)(H,30,33). The summed E-state index contributed by atoms with van der Waals surface area (Å²) in [4.78, 5) is 32.4. The average molecular weight is 449 g/mol. The van der Waals surface area contributed by atoms with Gasteiger partial charge in [0.05, 0.1) is 11.0 Å². The molecule has 0 radical (unpaired) electrons. The second kappa shape index (κ2) is 7.82. The van der Waals surface area contributed by atoms with Gasteiger partial charge < -0.3 is 15.5 Å². The molecule has 1 aromatic heterocycles. The third kappa shape index (κ3) is 3.87. The normalized spacial score (nSPS) is 27.2. The van der Waals surface area contributed by atoms with Gasteiger partial charge in [0.25, 0.3) is 5.91 Å². The average Bonchev–Trinajstić information content (AvgIpc) is 3.73. The van der Waals surface area contributed by atoms with Crippen LogP contribution >= 0.6 is 0 Å². The van der Waals surface area contributed by atoms with E-state index in [0.717, 1.165) is 62.7 Å². The van der Waals surface area contributed by atoms with Gasteiger partial charge in [0.2, 0.25) is 5.91 Å². The van der Waals surface area contributed by atoms with Gasteiger partial charge in [-0.1, -0.05) is 12.1 Å². The van der Waals surface area contributed by atoms with Crippen LogP contribution in [0, 0.1) is 5.82 Å². The van der Waals surface area contributed by atoms with E-state index in [1.807, 2.05) is 18.2 Å². The fourth-order valence-corrected chi connectivity index (χ4v) is 5.72. The first kappa shape index (κ1) is 20.6. The van der Waals surface area contributed by atoms with Crippen LogP contribution in [0.4, 0.5) is 10.2 Å². The van der Waals surface area contributed by atoms with E-state index >= 15 is 0 Å². The van der Waals surface area contributed by atoms with E-state index in [1.54, 1.807) is 12.3 Å². The Balaban J connectivity index is 1.11. The molecule has 1 aromatic carbocycles. The highest BCUT2D eigenvalue weighted by Gasteiger charge is 2.52. The lowest BCUT2D eigenvalue weighted by atomic mass is 9.92. The van der Waals surface area contributed by atoms with Crippen molar-refractivity contribution in [2.75, 3.05) is 4.90 Å². The fourth-order valence-electron chi connectivity index (χ4n) is 5.72. The SMILES string of the molecule is O=C(NC1CC1)c1ccc(N2C3CCC2CC(NC(=O)C2(c4cccc(F)c4)CC2)C3)nc1. The molecule has 4 aliphatic rings. The van der Waals surface area contributed by atoms with Crippen LogP contribution in [-0.4, -0.2) is 41.0 Å². The number of nitrogens with zero attached hydrogens (tertiary/aromatic N) is 2. The van der Waals surface area contributed by atoms with Crippen LogP contribution in [0.2, 0.25) is 0 Å². The number of aromatic nitrogens is 1. The topological polar surface area (TPSA) is 74.3 Å². The Morgan fingerprint density at radius 3 is 2.33 bits per heavy atom. The molecular formula is C26H29FN4O2. The molecule has 0 spiro atoms. The molecule has 2 atom stereocenters. The molecule has 2 aromatic rings. The van der Waals surface area contributed by atoms with E-state index in [4.69, 9.17) is 0 Å². The number of carbonyl (C=O) groups excluding carboxylic acids is 2. The molecule has 3 heterocycles. The predicted molar refractivity (Wildman–Crippen MR) is 122 cm³/mol. The summed E-state index contributed by atoms with van der Waals surface area (Å²) in [5.74, 6) is 0.610. The van der Waals surface area contributed by atoms with Crippen LogP contribution in [0.1, 0.15) is 67.3 Å². The van der Waals surface area contributed by atoms with Crippen molar-refractivity contribution in [1.29, 1.82) is 0 Å². The molecule has 2 aliphatic carbocycles. The van der Waals surface area contributed by atoms with Crippen LogP contribution in [0.5, 0.6) is 0 Å². The first-order valence-corrected chi connectivity index (χ1v) is 12.1. The number of nitrogens with one attached hydrogen (secondary N) is 2. The number of hydrogen-bond acceptors (Lipinski definition) is 4. The quantitative estimate of drug-likeness (QED) is 0.710. The van der Waals surface area contributed by atoms with E-state index in [2.05, 4.69) is 20.5 Å². The number of amides is 2. The number of fused-ring (bicyclic) bond motifs is 2. The number of benzene rings is 1. The molecule has 172 valence electrons. The minimum atomic E-state index is -0.559. The first-order chi connectivity index (χ1) is 16.0. The molecule has 2 bridgehead atoms. The van der Waals surface area contributed by atoms with Gasteiger partial charge in [-0.15, -0.1) is 0 Å². The van der Waals surface area contributed by atoms with Crippen LogP contribution in [-0.2, 0) is 10.2 Å². The largest absolute Gasteiger partial charge is 0.352 e. The van der Waals surface area contributed by atoms with Gasteiger partial charge in [0.1, 0.15) is 11.6 Å². The molecule has 2 unspecified atom stereocenters. The second-order valence-electron chi connectivity index (χ2n) is 10.2. The summed E-state index contributed by atoms with van der Waals surface area (Å²) >= 11 is 0. The molecule has 6 rings (SSSR count). The zero-order valence-electron chi connectivity index (χ0n) is 18.6. The van der Waals surface area contributed by atoms with E-state index in [0.29, 0.717) is 23.7 Å².